The number of nitrogens with one attached hydrogen (secondary N) is 1. The molecule has 6 nitrogen and oxygen atoms in total. The summed E-state index contributed by atoms with van der Waals surface area (Å²) in [6, 6.07) is 14.5. The summed E-state index contributed by atoms with van der Waals surface area (Å²) in [5.41, 5.74) is 1.59. The molecule has 0 aromatic heterocycles. The van der Waals surface area contributed by atoms with Gasteiger partial charge in [0.15, 0.2) is 5.78 Å². The number of hydrogen-bond donors (Lipinski definition) is 1. The van der Waals surface area contributed by atoms with Crippen LogP contribution < -0.4 is 5.32 Å². The summed E-state index contributed by atoms with van der Waals surface area (Å²) < 4.78 is 14.0. The molecule has 2 aromatic rings. The standard InChI is InChI=1S/C22H18FN3O3S/c1-13-20(14(2)27)21(16-8-4-6-10-19(16)26(28)29)17(11-24)22(25-13)30-12-15-7-3-5-9-18(15)23/h3-10,21,25H,12H2,1-2H3. The number of hydrogen-bond acceptors (Lipinski definition) is 6. The highest BCUT2D eigenvalue weighted by Gasteiger charge is 2.36. The van der Waals surface area contributed by atoms with Gasteiger partial charge < -0.3 is 5.32 Å². The van der Waals surface area contributed by atoms with Gasteiger partial charge in [0.1, 0.15) is 5.82 Å². The minimum absolute atomic E-state index is 0.165. The van der Waals surface area contributed by atoms with Crippen molar-refractivity contribution in [2.75, 3.05) is 0 Å². The largest absolute Gasteiger partial charge is 0.353 e. The maximum atomic E-state index is 14.0. The van der Waals surface area contributed by atoms with Crippen molar-refractivity contribution in [2.45, 2.75) is 25.5 Å². The lowest BCUT2D eigenvalue weighted by Gasteiger charge is -2.29. The van der Waals surface area contributed by atoms with Crippen molar-refractivity contribution in [3.05, 3.63) is 97.5 Å². The number of rotatable bonds is 6. The zero-order chi connectivity index (χ0) is 21.8. The van der Waals surface area contributed by atoms with E-state index in [0.717, 1.165) is 0 Å². The molecule has 0 radical (unpaired) electrons. The normalized spacial score (nSPS) is 16.1. The predicted molar refractivity (Wildman–Crippen MR) is 113 cm³/mol. The van der Waals surface area contributed by atoms with Gasteiger partial charge in [-0.2, -0.15) is 5.26 Å². The molecule has 0 fully saturated rings. The minimum Gasteiger partial charge on any atom is -0.353 e. The summed E-state index contributed by atoms with van der Waals surface area (Å²) in [5, 5.41) is 25.0. The van der Waals surface area contributed by atoms with Crippen LogP contribution in [-0.4, -0.2) is 10.7 Å². The maximum absolute atomic E-state index is 14.0. The second-order valence-corrected chi connectivity index (χ2v) is 7.69. The van der Waals surface area contributed by atoms with Gasteiger partial charge in [0.05, 0.1) is 27.5 Å². The second kappa shape index (κ2) is 8.93. The quantitative estimate of drug-likeness (QED) is 0.522. The first-order chi connectivity index (χ1) is 14.3. The molecular weight excluding hydrogens is 405 g/mol. The summed E-state index contributed by atoms with van der Waals surface area (Å²) in [6.07, 6.45) is 0. The Kier molecular flexibility index (Phi) is 6.33. The average Bonchev–Trinajstić information content (AvgIpc) is 2.72. The summed E-state index contributed by atoms with van der Waals surface area (Å²) in [5.74, 6) is -1.26. The molecule has 1 heterocycles. The zero-order valence-corrected chi connectivity index (χ0v) is 17.1. The Morgan fingerprint density at radius 1 is 1.27 bits per heavy atom. The monoisotopic (exact) mass is 423 g/mol. The Balaban J connectivity index is 2.11. The van der Waals surface area contributed by atoms with Gasteiger partial charge in [-0.15, -0.1) is 11.8 Å². The molecule has 0 saturated carbocycles. The first-order valence-corrected chi connectivity index (χ1v) is 10.1. The molecule has 2 aromatic carbocycles. The molecule has 1 N–H and O–H groups in total. The summed E-state index contributed by atoms with van der Waals surface area (Å²) in [6.45, 7) is 3.06. The highest BCUT2D eigenvalue weighted by atomic mass is 32.2. The van der Waals surface area contributed by atoms with Crippen molar-refractivity contribution < 1.29 is 14.1 Å². The van der Waals surface area contributed by atoms with Crippen LogP contribution in [0.1, 0.15) is 30.9 Å². The maximum Gasteiger partial charge on any atom is 0.273 e. The number of para-hydroxylation sites is 1. The number of nitro benzene ring substituents is 1. The molecule has 152 valence electrons. The number of ketones is 1. The smallest absolute Gasteiger partial charge is 0.273 e. The highest BCUT2D eigenvalue weighted by molar-refractivity contribution is 8.02. The molecule has 3 rings (SSSR count). The topological polar surface area (TPSA) is 96.0 Å². The number of nitrogens with zero attached hydrogens (tertiary/aromatic N) is 2. The molecule has 1 aliphatic rings. The van der Waals surface area contributed by atoms with E-state index in [1.807, 2.05) is 0 Å². The average molecular weight is 423 g/mol. The van der Waals surface area contributed by atoms with Crippen LogP contribution in [0.2, 0.25) is 0 Å². The van der Waals surface area contributed by atoms with Gasteiger partial charge in [-0.1, -0.05) is 36.4 Å². The number of nitriles is 1. The van der Waals surface area contributed by atoms with Crippen molar-refractivity contribution in [3.63, 3.8) is 0 Å². The van der Waals surface area contributed by atoms with Crippen LogP contribution >= 0.6 is 11.8 Å². The van der Waals surface area contributed by atoms with E-state index >= 15 is 0 Å². The number of allylic oxidation sites excluding steroid dienone is 3. The van der Waals surface area contributed by atoms with E-state index in [4.69, 9.17) is 0 Å². The number of carbonyl (C=O) groups is 1. The summed E-state index contributed by atoms with van der Waals surface area (Å²) in [7, 11) is 0. The Morgan fingerprint density at radius 3 is 2.57 bits per heavy atom. The first-order valence-electron chi connectivity index (χ1n) is 9.07. The minimum atomic E-state index is -0.876. The molecule has 0 saturated heterocycles. The van der Waals surface area contributed by atoms with Crippen molar-refractivity contribution in [1.29, 1.82) is 5.26 Å². The van der Waals surface area contributed by atoms with E-state index in [1.54, 1.807) is 37.3 Å². The summed E-state index contributed by atoms with van der Waals surface area (Å²) >= 11 is 1.22. The molecule has 0 spiro atoms. The van der Waals surface area contributed by atoms with Crippen LogP contribution in [0.3, 0.4) is 0 Å². The van der Waals surface area contributed by atoms with Crippen LogP contribution in [0.25, 0.3) is 0 Å². The van der Waals surface area contributed by atoms with Gasteiger partial charge in [-0.25, -0.2) is 4.39 Å². The van der Waals surface area contributed by atoms with Crippen LogP contribution in [0.4, 0.5) is 10.1 Å². The van der Waals surface area contributed by atoms with E-state index in [2.05, 4.69) is 11.4 Å². The lowest BCUT2D eigenvalue weighted by Crippen LogP contribution is -2.27. The molecule has 1 aliphatic heterocycles. The number of Topliss-reactive ketones (excluding diaryl/α,β-unsaturated/α-hetero) is 1. The highest BCUT2D eigenvalue weighted by Crippen LogP contribution is 2.44. The van der Waals surface area contributed by atoms with Gasteiger partial charge in [0.25, 0.3) is 5.69 Å². The fourth-order valence-electron chi connectivity index (χ4n) is 3.47. The van der Waals surface area contributed by atoms with Gasteiger partial charge in [-0.3, -0.25) is 14.9 Å². The van der Waals surface area contributed by atoms with Crippen LogP contribution in [0, 0.1) is 27.3 Å². The number of carbonyl (C=O) groups excluding carboxylic acids is 1. The van der Waals surface area contributed by atoms with Gasteiger partial charge in [-0.05, 0) is 25.5 Å². The number of nitro groups is 1. The fraction of sp³-hybridized carbons (Fsp3) is 0.182. The van der Waals surface area contributed by atoms with Crippen molar-refractivity contribution >= 4 is 23.2 Å². The number of benzene rings is 2. The third-order valence-corrected chi connectivity index (χ3v) is 5.87. The first kappa shape index (κ1) is 21.3. The molecule has 0 amide bonds. The van der Waals surface area contributed by atoms with Crippen molar-refractivity contribution in [2.24, 2.45) is 0 Å². The fourth-order valence-corrected chi connectivity index (χ4v) is 4.55. The van der Waals surface area contributed by atoms with Crippen LogP contribution in [-0.2, 0) is 10.5 Å². The summed E-state index contributed by atoms with van der Waals surface area (Å²) in [4.78, 5) is 23.5. The molecule has 8 heteroatoms. The molecule has 0 aliphatic carbocycles. The second-order valence-electron chi connectivity index (χ2n) is 6.70. The Labute approximate surface area is 177 Å². The lowest BCUT2D eigenvalue weighted by atomic mass is 9.80. The Morgan fingerprint density at radius 2 is 1.93 bits per heavy atom. The zero-order valence-electron chi connectivity index (χ0n) is 16.3. The molecule has 1 unspecified atom stereocenters. The number of halogens is 1. The third kappa shape index (κ3) is 4.11. The Hall–Kier alpha value is -3.44. The molecular formula is C22H18FN3O3S. The van der Waals surface area contributed by atoms with E-state index in [-0.39, 0.29) is 34.2 Å². The van der Waals surface area contributed by atoms with Gasteiger partial charge in [0.2, 0.25) is 0 Å². The van der Waals surface area contributed by atoms with Crippen molar-refractivity contribution in [1.82, 2.24) is 5.32 Å². The SMILES string of the molecule is CC(=O)C1=C(C)NC(SCc2ccccc2F)=C(C#N)C1c1ccccc1[N+](=O)[O-]. The van der Waals surface area contributed by atoms with E-state index in [0.29, 0.717) is 21.9 Å². The van der Waals surface area contributed by atoms with Crippen LogP contribution in [0.15, 0.2) is 70.4 Å². The van der Waals surface area contributed by atoms with E-state index in [1.165, 1.54) is 36.9 Å². The van der Waals surface area contributed by atoms with Gasteiger partial charge >= 0.3 is 0 Å². The molecule has 1 atom stereocenters. The van der Waals surface area contributed by atoms with E-state index in [9.17, 15) is 24.6 Å². The Bertz CT molecular complexity index is 1130. The lowest BCUT2D eigenvalue weighted by molar-refractivity contribution is -0.385. The predicted octanol–water partition coefficient (Wildman–Crippen LogP) is 4.95. The molecule has 30 heavy (non-hydrogen) atoms. The van der Waals surface area contributed by atoms with E-state index < -0.39 is 10.8 Å². The number of thioether (sulfide) groups is 1. The molecule has 0 bridgehead atoms. The van der Waals surface area contributed by atoms with Crippen molar-refractivity contribution in [3.8, 4) is 6.07 Å². The van der Waals surface area contributed by atoms with Gasteiger partial charge in [0, 0.05) is 28.7 Å². The number of dihydropyridines is 1. The third-order valence-electron chi connectivity index (χ3n) is 4.80. The van der Waals surface area contributed by atoms with Crippen LogP contribution in [0.5, 0.6) is 0 Å².